The number of aryl methyl sites for hydroxylation is 1. The number of aliphatic hydroxyl groups is 1. The van der Waals surface area contributed by atoms with Crippen molar-refractivity contribution in [2.24, 2.45) is 0 Å². The van der Waals surface area contributed by atoms with Gasteiger partial charge in [-0.1, -0.05) is 47.6 Å². The molecule has 3 N–H and O–H groups in total. The molecular formula is C24H22N6O4S. The Bertz CT molecular complexity index is 1500. The van der Waals surface area contributed by atoms with E-state index < -0.39 is 15.9 Å². The van der Waals surface area contributed by atoms with E-state index in [0.29, 0.717) is 39.2 Å². The first-order valence-electron chi connectivity index (χ1n) is 10.8. The Labute approximate surface area is 201 Å². The number of rotatable bonds is 7. The molecule has 1 aliphatic heterocycles. The minimum atomic E-state index is -3.32. The number of nitrogens with zero attached hydrogens (tertiary/aromatic N) is 4. The van der Waals surface area contributed by atoms with E-state index in [0.717, 1.165) is 5.56 Å². The highest BCUT2D eigenvalue weighted by Crippen LogP contribution is 2.30. The van der Waals surface area contributed by atoms with Crippen LogP contribution in [-0.2, 0) is 9.84 Å². The van der Waals surface area contributed by atoms with Gasteiger partial charge in [-0.15, -0.1) is 0 Å². The molecule has 11 heteroatoms. The average Bonchev–Trinajstić information content (AvgIpc) is 3.29. The normalized spacial score (nSPS) is 14.8. The predicted octanol–water partition coefficient (Wildman–Crippen LogP) is 3.52. The molecule has 0 saturated heterocycles. The molecule has 0 radical (unpaired) electrons. The van der Waals surface area contributed by atoms with Gasteiger partial charge in [-0.2, -0.15) is 9.97 Å². The van der Waals surface area contributed by atoms with E-state index in [9.17, 15) is 13.5 Å². The van der Waals surface area contributed by atoms with E-state index in [1.165, 1.54) is 0 Å². The smallest absolute Gasteiger partial charge is 0.229 e. The number of sulfone groups is 1. The fourth-order valence-corrected chi connectivity index (χ4v) is 5.06. The lowest BCUT2D eigenvalue weighted by Gasteiger charge is -2.19. The Balaban J connectivity index is 1.49. The van der Waals surface area contributed by atoms with Crippen LogP contribution in [0.3, 0.4) is 0 Å². The van der Waals surface area contributed by atoms with Crippen LogP contribution in [0.5, 0.6) is 0 Å². The van der Waals surface area contributed by atoms with Gasteiger partial charge in [0.15, 0.2) is 9.84 Å². The fourth-order valence-electron chi connectivity index (χ4n) is 3.77. The Kier molecular flexibility index (Phi) is 6.01. The third kappa shape index (κ3) is 4.77. The van der Waals surface area contributed by atoms with Crippen molar-refractivity contribution in [2.75, 3.05) is 23.0 Å². The second-order valence-electron chi connectivity index (χ2n) is 7.94. The van der Waals surface area contributed by atoms with Gasteiger partial charge in [0.25, 0.3) is 0 Å². The van der Waals surface area contributed by atoms with Crippen molar-refractivity contribution in [1.29, 1.82) is 0 Å². The number of aromatic nitrogens is 4. The van der Waals surface area contributed by atoms with Crippen molar-refractivity contribution in [3.63, 3.8) is 0 Å². The lowest BCUT2D eigenvalue weighted by molar-refractivity contribution is 0.276. The highest BCUT2D eigenvalue weighted by Gasteiger charge is 2.21. The molecule has 0 amide bonds. The first-order chi connectivity index (χ1) is 16.9. The summed E-state index contributed by atoms with van der Waals surface area (Å²) in [6, 6.07) is 14.0. The number of nitrogens with one attached hydrogen (secondary N) is 2. The van der Waals surface area contributed by atoms with E-state index >= 15 is 0 Å². The first-order valence-corrected chi connectivity index (χ1v) is 12.5. The molecule has 4 aromatic rings. The van der Waals surface area contributed by atoms with E-state index in [2.05, 4.69) is 30.7 Å². The molecule has 5 rings (SSSR count). The Hall–Kier alpha value is -4.09. The molecule has 0 spiro atoms. The van der Waals surface area contributed by atoms with Crippen molar-refractivity contribution >= 4 is 33.4 Å². The summed E-state index contributed by atoms with van der Waals surface area (Å²) in [6.07, 6.45) is 4.97. The van der Waals surface area contributed by atoms with Crippen molar-refractivity contribution in [3.8, 4) is 11.4 Å². The van der Waals surface area contributed by atoms with Crippen LogP contribution in [0, 0.1) is 6.92 Å². The number of fused-ring (bicyclic) bond motifs is 1. The molecule has 35 heavy (non-hydrogen) atoms. The molecular weight excluding hydrogens is 468 g/mol. The van der Waals surface area contributed by atoms with Crippen LogP contribution < -0.4 is 10.6 Å². The zero-order chi connectivity index (χ0) is 24.4. The molecule has 2 aromatic carbocycles. The van der Waals surface area contributed by atoms with Crippen LogP contribution in [0.25, 0.3) is 17.5 Å². The third-order valence-corrected chi connectivity index (χ3v) is 7.14. The van der Waals surface area contributed by atoms with Crippen LogP contribution in [0.15, 0.2) is 70.2 Å². The Morgan fingerprint density at radius 3 is 2.71 bits per heavy atom. The SMILES string of the molecule is Cc1nc(-c2cnc(Nc3ccc4c(c3)C=CCS4(=O)=O)nc2N[C@H](CO)c2ccccc2)no1. The summed E-state index contributed by atoms with van der Waals surface area (Å²) in [6.45, 7) is 1.51. The highest BCUT2D eigenvalue weighted by atomic mass is 32.2. The summed E-state index contributed by atoms with van der Waals surface area (Å²) < 4.78 is 29.6. The summed E-state index contributed by atoms with van der Waals surface area (Å²) in [5.41, 5.74) is 2.60. The predicted molar refractivity (Wildman–Crippen MR) is 131 cm³/mol. The van der Waals surface area contributed by atoms with Crippen molar-refractivity contribution in [3.05, 3.63) is 77.8 Å². The number of hydrogen-bond acceptors (Lipinski definition) is 10. The van der Waals surface area contributed by atoms with E-state index in [-0.39, 0.29) is 18.3 Å². The molecule has 0 saturated carbocycles. The van der Waals surface area contributed by atoms with Crippen molar-refractivity contribution < 1.29 is 18.0 Å². The van der Waals surface area contributed by atoms with Gasteiger partial charge >= 0.3 is 0 Å². The largest absolute Gasteiger partial charge is 0.394 e. The Morgan fingerprint density at radius 2 is 1.97 bits per heavy atom. The van der Waals surface area contributed by atoms with Gasteiger partial charge in [0, 0.05) is 18.8 Å². The van der Waals surface area contributed by atoms with E-state index in [4.69, 9.17) is 4.52 Å². The first kappa shape index (κ1) is 22.7. The summed E-state index contributed by atoms with van der Waals surface area (Å²) in [7, 11) is -3.32. The monoisotopic (exact) mass is 490 g/mol. The molecule has 10 nitrogen and oxygen atoms in total. The minimum absolute atomic E-state index is 0.00459. The van der Waals surface area contributed by atoms with Crippen LogP contribution in [0.2, 0.25) is 0 Å². The van der Waals surface area contributed by atoms with Gasteiger partial charge in [0.1, 0.15) is 5.82 Å². The number of hydrogen-bond donors (Lipinski definition) is 3. The van der Waals surface area contributed by atoms with Crippen LogP contribution >= 0.6 is 0 Å². The molecule has 1 atom stereocenters. The van der Waals surface area contributed by atoms with Crippen LogP contribution in [0.1, 0.15) is 23.1 Å². The lowest BCUT2D eigenvalue weighted by Crippen LogP contribution is -2.17. The lowest BCUT2D eigenvalue weighted by atomic mass is 10.1. The van der Waals surface area contributed by atoms with Gasteiger partial charge in [-0.3, -0.25) is 0 Å². The molecule has 0 aliphatic carbocycles. The van der Waals surface area contributed by atoms with E-state index in [1.807, 2.05) is 30.3 Å². The maximum absolute atomic E-state index is 12.3. The zero-order valence-corrected chi connectivity index (χ0v) is 19.5. The number of anilines is 3. The molecule has 3 heterocycles. The summed E-state index contributed by atoms with van der Waals surface area (Å²) in [4.78, 5) is 13.6. The number of aliphatic hydroxyl groups excluding tert-OH is 1. The Morgan fingerprint density at radius 1 is 1.14 bits per heavy atom. The molecule has 1 aliphatic rings. The van der Waals surface area contributed by atoms with Gasteiger partial charge in [0.05, 0.1) is 28.9 Å². The van der Waals surface area contributed by atoms with Gasteiger partial charge < -0.3 is 20.3 Å². The molecule has 0 fully saturated rings. The molecule has 2 aromatic heterocycles. The average molecular weight is 491 g/mol. The summed E-state index contributed by atoms with van der Waals surface area (Å²) >= 11 is 0. The van der Waals surface area contributed by atoms with Crippen LogP contribution in [-0.4, -0.2) is 46.0 Å². The third-order valence-electron chi connectivity index (χ3n) is 5.47. The molecule has 0 unspecified atom stereocenters. The van der Waals surface area contributed by atoms with Crippen LogP contribution in [0.4, 0.5) is 17.5 Å². The topological polar surface area (TPSA) is 143 Å². The van der Waals surface area contributed by atoms with Gasteiger partial charge in [-0.25, -0.2) is 13.4 Å². The second kappa shape index (κ2) is 9.28. The van der Waals surface area contributed by atoms with Gasteiger partial charge in [0.2, 0.25) is 17.7 Å². The molecule has 178 valence electrons. The van der Waals surface area contributed by atoms with Crippen molar-refractivity contribution in [2.45, 2.75) is 17.9 Å². The van der Waals surface area contributed by atoms with Crippen molar-refractivity contribution in [1.82, 2.24) is 20.1 Å². The summed E-state index contributed by atoms with van der Waals surface area (Å²) in [5, 5.41) is 20.4. The second-order valence-corrected chi connectivity index (χ2v) is 9.95. The maximum atomic E-state index is 12.3. The quantitative estimate of drug-likeness (QED) is 0.352. The van der Waals surface area contributed by atoms with E-state index in [1.54, 1.807) is 43.5 Å². The fraction of sp³-hybridized carbons (Fsp3) is 0.167. The number of benzene rings is 2. The summed E-state index contributed by atoms with van der Waals surface area (Å²) in [5.74, 6) is 1.36. The maximum Gasteiger partial charge on any atom is 0.229 e. The standard InChI is InChI=1S/C24H22N6O4S/c1-15-26-23(30-34-15)19-13-25-24(29-22(19)28-20(14-31)16-6-3-2-4-7-16)27-18-9-10-21-17(12-18)8-5-11-35(21,32)33/h2-10,12-13,20,31H,11,14H2,1H3,(H2,25,27,28,29)/t20-/m1/s1. The van der Waals surface area contributed by atoms with Gasteiger partial charge in [-0.05, 0) is 29.3 Å². The molecule has 0 bridgehead atoms. The highest BCUT2D eigenvalue weighted by molar-refractivity contribution is 7.91. The zero-order valence-electron chi connectivity index (χ0n) is 18.7. The minimum Gasteiger partial charge on any atom is -0.394 e.